The molecule has 0 aromatic rings. The Bertz CT molecular complexity index is 1260. The largest absolute Gasteiger partial charge is 0.472 e. The molecular weight excluding hydrogens is 854 g/mol. The van der Waals surface area contributed by atoms with Gasteiger partial charge in [0, 0.05) is 13.0 Å². The summed E-state index contributed by atoms with van der Waals surface area (Å²) in [6.07, 6.45) is 65.8. The molecule has 0 amide bonds. The molecule has 1 N–H and O–H groups in total. The van der Waals surface area contributed by atoms with Gasteiger partial charge in [0.1, 0.15) is 19.3 Å². The van der Waals surface area contributed by atoms with Gasteiger partial charge in [0.05, 0.1) is 34.4 Å². The van der Waals surface area contributed by atoms with E-state index in [4.69, 9.17) is 18.5 Å². The van der Waals surface area contributed by atoms with E-state index in [-0.39, 0.29) is 25.8 Å². The molecule has 8 nitrogen and oxygen atoms in total. The highest BCUT2D eigenvalue weighted by atomic mass is 31.2. The molecule has 0 fully saturated rings. The van der Waals surface area contributed by atoms with Gasteiger partial charge in [-0.15, -0.1) is 0 Å². The minimum absolute atomic E-state index is 0.0808. The zero-order chi connectivity index (χ0) is 49.0. The number of rotatable bonds is 52. The van der Waals surface area contributed by atoms with Crippen molar-refractivity contribution < 1.29 is 37.3 Å². The number of hydrogen-bond acceptors (Lipinski definition) is 6. The molecule has 0 spiro atoms. The molecule has 0 saturated heterocycles. The molecular formula is C58H109NO7P+. The predicted octanol–water partition coefficient (Wildman–Crippen LogP) is 17.6. The van der Waals surface area contributed by atoms with Crippen molar-refractivity contribution >= 4 is 13.8 Å². The van der Waals surface area contributed by atoms with Crippen molar-refractivity contribution in [1.82, 2.24) is 0 Å². The van der Waals surface area contributed by atoms with E-state index in [1.807, 2.05) is 21.1 Å². The van der Waals surface area contributed by atoms with E-state index in [1.54, 1.807) is 0 Å². The third kappa shape index (κ3) is 55.0. The first-order valence-electron chi connectivity index (χ1n) is 28.0. The summed E-state index contributed by atoms with van der Waals surface area (Å²) in [5.74, 6) is -0.342. The number of nitrogens with zero attached hydrogens (tertiary/aromatic N) is 1. The van der Waals surface area contributed by atoms with Crippen molar-refractivity contribution in [3.05, 3.63) is 60.8 Å². The molecule has 9 heteroatoms. The summed E-state index contributed by atoms with van der Waals surface area (Å²) in [5.41, 5.74) is 0. The van der Waals surface area contributed by atoms with Crippen LogP contribution in [0.4, 0.5) is 0 Å². The van der Waals surface area contributed by atoms with E-state index in [0.29, 0.717) is 24.1 Å². The Hall–Kier alpha value is -1.80. The van der Waals surface area contributed by atoms with Crippen LogP contribution in [0.15, 0.2) is 60.8 Å². The van der Waals surface area contributed by atoms with Crippen molar-refractivity contribution in [3.8, 4) is 0 Å². The van der Waals surface area contributed by atoms with Crippen LogP contribution >= 0.6 is 7.82 Å². The molecule has 0 aliphatic carbocycles. The maximum atomic E-state index is 12.8. The summed E-state index contributed by atoms with van der Waals surface area (Å²) < 4.78 is 35.2. The lowest BCUT2D eigenvalue weighted by atomic mass is 10.0. The van der Waals surface area contributed by atoms with Crippen molar-refractivity contribution in [2.45, 2.75) is 251 Å². The topological polar surface area (TPSA) is 91.3 Å². The first-order chi connectivity index (χ1) is 32.6. The highest BCUT2D eigenvalue weighted by Crippen LogP contribution is 2.43. The molecule has 0 saturated carbocycles. The number of allylic oxidation sites excluding steroid dienone is 10. The summed E-state index contributed by atoms with van der Waals surface area (Å²) in [6.45, 7) is 5.50. The highest BCUT2D eigenvalue weighted by Gasteiger charge is 2.26. The second-order valence-electron chi connectivity index (χ2n) is 19.9. The fourth-order valence-corrected chi connectivity index (χ4v) is 8.56. The van der Waals surface area contributed by atoms with Gasteiger partial charge in [-0.2, -0.15) is 0 Å². The van der Waals surface area contributed by atoms with E-state index in [1.165, 1.54) is 154 Å². The number of hydrogen-bond donors (Lipinski definition) is 1. The molecule has 0 aliphatic rings. The van der Waals surface area contributed by atoms with Crippen LogP contribution in [0.25, 0.3) is 0 Å². The molecule has 0 radical (unpaired) electrons. The number of quaternary nitrogens is 1. The summed E-state index contributed by atoms with van der Waals surface area (Å²) in [7, 11) is 1.65. The molecule has 0 rings (SSSR count). The Morgan fingerprint density at radius 3 is 1.28 bits per heavy atom. The van der Waals surface area contributed by atoms with Crippen LogP contribution in [0.5, 0.6) is 0 Å². The van der Waals surface area contributed by atoms with Gasteiger partial charge in [-0.1, -0.05) is 242 Å². The van der Waals surface area contributed by atoms with Gasteiger partial charge in [-0.25, -0.2) is 4.57 Å². The van der Waals surface area contributed by atoms with Crippen molar-refractivity contribution in [3.63, 3.8) is 0 Å². The van der Waals surface area contributed by atoms with Crippen LogP contribution in [0, 0.1) is 0 Å². The second-order valence-corrected chi connectivity index (χ2v) is 21.4. The summed E-state index contributed by atoms with van der Waals surface area (Å²) in [6, 6.07) is 0. The minimum Gasteiger partial charge on any atom is -0.457 e. The average molecular weight is 963 g/mol. The Morgan fingerprint density at radius 1 is 0.478 bits per heavy atom. The molecule has 2 atom stereocenters. The number of likely N-dealkylation sites (N-methyl/N-ethyl adjacent to an activating group) is 1. The van der Waals surface area contributed by atoms with Crippen LogP contribution in [-0.4, -0.2) is 75.6 Å². The van der Waals surface area contributed by atoms with E-state index in [0.717, 1.165) is 70.6 Å². The number of phosphoric acid groups is 1. The monoisotopic (exact) mass is 963 g/mol. The fourth-order valence-electron chi connectivity index (χ4n) is 7.82. The highest BCUT2D eigenvalue weighted by molar-refractivity contribution is 7.47. The van der Waals surface area contributed by atoms with Gasteiger partial charge >= 0.3 is 13.8 Å². The summed E-state index contributed by atoms with van der Waals surface area (Å²) >= 11 is 0. The zero-order valence-electron chi connectivity index (χ0n) is 44.6. The predicted molar refractivity (Wildman–Crippen MR) is 289 cm³/mol. The molecule has 67 heavy (non-hydrogen) atoms. The summed E-state index contributed by atoms with van der Waals surface area (Å²) in [5, 5.41) is 0. The van der Waals surface area contributed by atoms with Crippen molar-refractivity contribution in [2.24, 2.45) is 0 Å². The lowest BCUT2D eigenvalue weighted by Gasteiger charge is -2.24. The van der Waals surface area contributed by atoms with E-state index in [2.05, 4.69) is 74.6 Å². The summed E-state index contributed by atoms with van der Waals surface area (Å²) in [4.78, 5) is 23.0. The zero-order valence-corrected chi connectivity index (χ0v) is 45.5. The van der Waals surface area contributed by atoms with Gasteiger partial charge in [0.25, 0.3) is 0 Å². The average Bonchev–Trinajstić information content (AvgIpc) is 3.29. The molecule has 2 unspecified atom stereocenters. The third-order valence-electron chi connectivity index (χ3n) is 12.1. The first-order valence-corrected chi connectivity index (χ1v) is 29.5. The Kier molecular flexibility index (Phi) is 49.2. The van der Waals surface area contributed by atoms with E-state index >= 15 is 0 Å². The van der Waals surface area contributed by atoms with Gasteiger partial charge in [-0.3, -0.25) is 13.8 Å². The van der Waals surface area contributed by atoms with Gasteiger partial charge < -0.3 is 18.9 Å². The standard InChI is InChI=1S/C58H108NO7P/c1-6-8-10-12-14-16-18-20-22-24-26-27-28-29-30-31-32-34-36-38-40-42-44-46-48-50-53-63-55-57(56-65-67(61,62)64-54-52-59(3,4)5)66-58(60)51-49-47-45-43-41-39-37-35-33-25-23-21-19-17-15-13-11-9-7-2/h9,11,15,17,21,23,33,35,39,41,57H,6-8,10,12-14,16,18-20,22,24-32,34,36-38,40,42-56H2,1-5H3/p+1/b11-9-,17-15-,23-21-,35-33-,41-39-. The van der Waals surface area contributed by atoms with Crippen LogP contribution in [0.1, 0.15) is 245 Å². The number of esters is 1. The molecule has 0 aromatic carbocycles. The van der Waals surface area contributed by atoms with Crippen LogP contribution < -0.4 is 0 Å². The van der Waals surface area contributed by atoms with E-state index in [9.17, 15) is 14.3 Å². The van der Waals surface area contributed by atoms with Crippen LogP contribution in [-0.2, 0) is 27.9 Å². The van der Waals surface area contributed by atoms with E-state index < -0.39 is 13.9 Å². The van der Waals surface area contributed by atoms with Crippen LogP contribution in [0.2, 0.25) is 0 Å². The molecule has 0 heterocycles. The Balaban J connectivity index is 4.09. The molecule has 0 bridgehead atoms. The number of ether oxygens (including phenoxy) is 2. The smallest absolute Gasteiger partial charge is 0.457 e. The fraction of sp³-hybridized carbons (Fsp3) is 0.810. The SMILES string of the molecule is CC/C=C\C/C=C\C/C=C\C/C=C\C/C=C\CCCCCC(=O)OC(COCCCCCCCCCCCCCCCCCCCCCCCCCCCC)COP(=O)(O)OCC[N+](C)(C)C. The normalized spacial score (nSPS) is 13.9. The molecule has 0 aromatic heterocycles. The molecule has 392 valence electrons. The lowest BCUT2D eigenvalue weighted by Crippen LogP contribution is -2.37. The Morgan fingerprint density at radius 2 is 0.866 bits per heavy atom. The molecule has 0 aliphatic heterocycles. The maximum absolute atomic E-state index is 12.8. The number of carbonyl (C=O) groups excluding carboxylic acids is 1. The van der Waals surface area contributed by atoms with Gasteiger partial charge in [0.2, 0.25) is 0 Å². The second kappa shape index (κ2) is 50.6. The van der Waals surface area contributed by atoms with Gasteiger partial charge in [0.15, 0.2) is 0 Å². The van der Waals surface area contributed by atoms with Crippen LogP contribution in [0.3, 0.4) is 0 Å². The minimum atomic E-state index is -4.29. The van der Waals surface area contributed by atoms with Gasteiger partial charge in [-0.05, 0) is 57.8 Å². The van der Waals surface area contributed by atoms with Crippen molar-refractivity contribution in [2.75, 3.05) is 54.1 Å². The third-order valence-corrected chi connectivity index (χ3v) is 13.1. The maximum Gasteiger partial charge on any atom is 0.472 e. The quantitative estimate of drug-likeness (QED) is 0.0213. The lowest BCUT2D eigenvalue weighted by molar-refractivity contribution is -0.870. The first kappa shape index (κ1) is 65.2. The number of phosphoric ester groups is 1. The van der Waals surface area contributed by atoms with Crippen molar-refractivity contribution in [1.29, 1.82) is 0 Å². The number of unbranched alkanes of at least 4 members (excludes halogenated alkanes) is 28. The number of carbonyl (C=O) groups is 1. The Labute approximate surface area is 415 Å².